The van der Waals surface area contributed by atoms with Crippen LogP contribution in [0, 0.1) is 0 Å². The molecule has 2 heterocycles. The van der Waals surface area contributed by atoms with E-state index in [4.69, 9.17) is 9.47 Å². The predicted octanol–water partition coefficient (Wildman–Crippen LogP) is -1.81. The van der Waals surface area contributed by atoms with E-state index in [1.807, 2.05) is 0 Å². The first-order chi connectivity index (χ1) is 9.04. The van der Waals surface area contributed by atoms with Crippen molar-refractivity contribution in [3.63, 3.8) is 0 Å². The van der Waals surface area contributed by atoms with Gasteiger partial charge in [0, 0.05) is 18.9 Å². The number of H-pyrrole nitrogens is 1. The fourth-order valence-corrected chi connectivity index (χ4v) is 1.96. The molecule has 1 unspecified atom stereocenters. The van der Waals surface area contributed by atoms with E-state index in [9.17, 15) is 19.8 Å². The van der Waals surface area contributed by atoms with E-state index in [0.717, 1.165) is 10.6 Å². The summed E-state index contributed by atoms with van der Waals surface area (Å²) >= 11 is 0. The van der Waals surface area contributed by atoms with Gasteiger partial charge in [0.05, 0.1) is 6.61 Å². The number of rotatable bonds is 4. The van der Waals surface area contributed by atoms with E-state index >= 15 is 0 Å². The first-order valence-corrected chi connectivity index (χ1v) is 5.95. The van der Waals surface area contributed by atoms with E-state index in [0.29, 0.717) is 6.61 Å². The number of aromatic amines is 1. The third-order valence-electron chi connectivity index (χ3n) is 2.95. The summed E-state index contributed by atoms with van der Waals surface area (Å²) in [5, 5.41) is 19.7. The monoisotopic (exact) mass is 272 g/mol. The van der Waals surface area contributed by atoms with Crippen LogP contribution in [0.1, 0.15) is 13.2 Å². The summed E-state index contributed by atoms with van der Waals surface area (Å²) in [6.45, 7) is 2.36. The molecule has 8 heteroatoms. The highest BCUT2D eigenvalue weighted by molar-refractivity contribution is 4.93. The molecule has 0 radical (unpaired) electrons. The van der Waals surface area contributed by atoms with Gasteiger partial charge in [-0.2, -0.15) is 0 Å². The first-order valence-electron chi connectivity index (χ1n) is 5.95. The fourth-order valence-electron chi connectivity index (χ4n) is 1.96. The van der Waals surface area contributed by atoms with Gasteiger partial charge >= 0.3 is 5.69 Å². The Labute approximate surface area is 108 Å². The van der Waals surface area contributed by atoms with Crippen molar-refractivity contribution in [2.45, 2.75) is 31.5 Å². The van der Waals surface area contributed by atoms with E-state index in [1.54, 1.807) is 6.92 Å². The number of nitrogens with zero attached hydrogens (tertiary/aromatic N) is 1. The maximum absolute atomic E-state index is 11.6. The van der Waals surface area contributed by atoms with Crippen molar-refractivity contribution in [3.05, 3.63) is 33.1 Å². The summed E-state index contributed by atoms with van der Waals surface area (Å²) in [6.07, 6.45) is -2.99. The Kier molecular flexibility index (Phi) is 4.15. The zero-order valence-corrected chi connectivity index (χ0v) is 10.4. The Morgan fingerprint density at radius 2 is 2.16 bits per heavy atom. The molecule has 0 bridgehead atoms. The molecule has 19 heavy (non-hydrogen) atoms. The lowest BCUT2D eigenvalue weighted by Crippen LogP contribution is -2.37. The second-order valence-corrected chi connectivity index (χ2v) is 4.22. The van der Waals surface area contributed by atoms with Gasteiger partial charge in [0.1, 0.15) is 18.3 Å². The van der Waals surface area contributed by atoms with Crippen LogP contribution in [0.4, 0.5) is 0 Å². The van der Waals surface area contributed by atoms with Gasteiger partial charge in [-0.05, 0) is 6.92 Å². The van der Waals surface area contributed by atoms with Crippen molar-refractivity contribution in [2.24, 2.45) is 0 Å². The van der Waals surface area contributed by atoms with Crippen molar-refractivity contribution < 1.29 is 19.7 Å². The molecule has 2 rings (SSSR count). The highest BCUT2D eigenvalue weighted by atomic mass is 16.6. The number of ether oxygens (including phenoxy) is 2. The third-order valence-corrected chi connectivity index (χ3v) is 2.95. The van der Waals surface area contributed by atoms with Crippen LogP contribution in [0.5, 0.6) is 0 Å². The molecular formula is C11H16N2O6. The van der Waals surface area contributed by atoms with Crippen molar-refractivity contribution in [1.29, 1.82) is 0 Å². The second-order valence-electron chi connectivity index (χ2n) is 4.22. The molecule has 1 aromatic rings. The zero-order chi connectivity index (χ0) is 14.0. The van der Waals surface area contributed by atoms with E-state index < -0.39 is 35.8 Å². The Balaban J connectivity index is 2.21. The molecule has 4 atom stereocenters. The van der Waals surface area contributed by atoms with Crippen molar-refractivity contribution in [2.75, 3.05) is 13.2 Å². The number of aliphatic hydroxyl groups excluding tert-OH is 2. The highest BCUT2D eigenvalue weighted by Gasteiger charge is 2.44. The van der Waals surface area contributed by atoms with Crippen molar-refractivity contribution in [3.8, 4) is 0 Å². The minimum Gasteiger partial charge on any atom is -0.387 e. The lowest BCUT2D eigenvalue weighted by atomic mass is 10.1. The quantitative estimate of drug-likeness (QED) is 0.595. The summed E-state index contributed by atoms with van der Waals surface area (Å²) in [5.74, 6) is 0. The number of aromatic nitrogens is 2. The van der Waals surface area contributed by atoms with E-state index in [2.05, 4.69) is 4.98 Å². The summed E-state index contributed by atoms with van der Waals surface area (Å²) < 4.78 is 11.6. The zero-order valence-electron chi connectivity index (χ0n) is 10.4. The Bertz CT molecular complexity index is 538. The van der Waals surface area contributed by atoms with Gasteiger partial charge in [-0.3, -0.25) is 14.3 Å². The van der Waals surface area contributed by atoms with Gasteiger partial charge in [-0.15, -0.1) is 0 Å². The maximum Gasteiger partial charge on any atom is 0.330 e. The second kappa shape index (κ2) is 5.66. The van der Waals surface area contributed by atoms with Crippen LogP contribution in [0.2, 0.25) is 0 Å². The average Bonchev–Trinajstić information content (AvgIpc) is 2.64. The van der Waals surface area contributed by atoms with Crippen molar-refractivity contribution >= 4 is 0 Å². The Hall–Kier alpha value is -1.48. The molecule has 1 saturated heterocycles. The molecule has 3 N–H and O–H groups in total. The molecule has 0 amide bonds. The molecule has 1 aromatic heterocycles. The maximum atomic E-state index is 11.6. The largest absolute Gasteiger partial charge is 0.387 e. The Morgan fingerprint density at radius 1 is 1.42 bits per heavy atom. The normalized spacial score (nSPS) is 30.7. The van der Waals surface area contributed by atoms with Gasteiger partial charge in [-0.1, -0.05) is 0 Å². The number of nitrogens with one attached hydrogen (secondary N) is 1. The summed E-state index contributed by atoms with van der Waals surface area (Å²) in [7, 11) is 0. The highest BCUT2D eigenvalue weighted by Crippen LogP contribution is 2.28. The third kappa shape index (κ3) is 2.76. The lowest BCUT2D eigenvalue weighted by molar-refractivity contribution is -0.0669. The number of hydrogen-bond acceptors (Lipinski definition) is 6. The van der Waals surface area contributed by atoms with Gasteiger partial charge < -0.3 is 19.7 Å². The molecule has 1 aliphatic heterocycles. The average molecular weight is 272 g/mol. The number of aliphatic hydroxyl groups is 2. The predicted molar refractivity (Wildman–Crippen MR) is 63.7 cm³/mol. The van der Waals surface area contributed by atoms with Crippen LogP contribution in [-0.2, 0) is 9.47 Å². The van der Waals surface area contributed by atoms with Crippen LogP contribution < -0.4 is 11.2 Å². The molecular weight excluding hydrogens is 256 g/mol. The molecule has 0 saturated carbocycles. The van der Waals surface area contributed by atoms with Crippen LogP contribution in [0.15, 0.2) is 21.9 Å². The van der Waals surface area contributed by atoms with Crippen LogP contribution >= 0.6 is 0 Å². The summed E-state index contributed by atoms with van der Waals surface area (Å²) in [5.41, 5.74) is -1.25. The summed E-state index contributed by atoms with van der Waals surface area (Å²) in [4.78, 5) is 24.6. The minimum atomic E-state index is -1.27. The standard InChI is InChI=1S/C11H16N2O6/c1-2-18-5-6-8(15)9(16)10(19-6)13-4-3-7(14)12-11(13)17/h3-4,6,8-10,15-16H,2,5H2,1H3,(H,12,14,17)/t6-,8?,9+,10-/m1/s1. The molecule has 1 fully saturated rings. The SMILES string of the molecule is CCOC[C@H]1O[C@@H](n2ccc(=O)[nH]c2=O)[C@@H](O)C1O. The Morgan fingerprint density at radius 3 is 2.79 bits per heavy atom. The molecule has 106 valence electrons. The summed E-state index contributed by atoms with van der Waals surface area (Å²) in [6, 6.07) is 1.14. The van der Waals surface area contributed by atoms with E-state index in [1.165, 1.54) is 6.20 Å². The smallest absolute Gasteiger partial charge is 0.330 e. The van der Waals surface area contributed by atoms with Gasteiger partial charge in [0.2, 0.25) is 0 Å². The van der Waals surface area contributed by atoms with E-state index in [-0.39, 0.29) is 6.61 Å². The first kappa shape index (κ1) is 13.9. The van der Waals surface area contributed by atoms with Gasteiger partial charge in [-0.25, -0.2) is 4.79 Å². The fraction of sp³-hybridized carbons (Fsp3) is 0.636. The molecule has 0 aliphatic carbocycles. The van der Waals surface area contributed by atoms with Crippen LogP contribution in [0.25, 0.3) is 0 Å². The van der Waals surface area contributed by atoms with Crippen LogP contribution in [0.3, 0.4) is 0 Å². The topological polar surface area (TPSA) is 114 Å². The molecule has 1 aliphatic rings. The van der Waals surface area contributed by atoms with Crippen LogP contribution in [-0.4, -0.2) is 51.3 Å². The molecule has 0 spiro atoms. The minimum absolute atomic E-state index is 0.114. The van der Waals surface area contributed by atoms with Gasteiger partial charge in [0.15, 0.2) is 6.23 Å². The van der Waals surface area contributed by atoms with Gasteiger partial charge in [0.25, 0.3) is 5.56 Å². The van der Waals surface area contributed by atoms with Crippen molar-refractivity contribution in [1.82, 2.24) is 9.55 Å². The number of hydrogen-bond donors (Lipinski definition) is 3. The molecule has 8 nitrogen and oxygen atoms in total. The molecule has 0 aromatic carbocycles. The lowest BCUT2D eigenvalue weighted by Gasteiger charge is -2.16.